The van der Waals surface area contributed by atoms with Crippen LogP contribution in [0.2, 0.25) is 0 Å². The Morgan fingerprint density at radius 1 is 1.55 bits per heavy atom. The molecule has 0 aliphatic carbocycles. The van der Waals surface area contributed by atoms with Gasteiger partial charge in [-0.15, -0.1) is 0 Å². The van der Waals surface area contributed by atoms with Gasteiger partial charge < -0.3 is 5.32 Å². The van der Waals surface area contributed by atoms with Crippen molar-refractivity contribution in [3.63, 3.8) is 0 Å². The zero-order chi connectivity index (χ0) is 8.10. The van der Waals surface area contributed by atoms with Crippen molar-refractivity contribution in [3.05, 3.63) is 24.3 Å². The number of amides is 1. The van der Waals surface area contributed by atoms with Crippen LogP contribution >= 0.6 is 12.6 Å². The van der Waals surface area contributed by atoms with Gasteiger partial charge in [0, 0.05) is 24.5 Å². The Hall–Kier alpha value is -1.10. The van der Waals surface area contributed by atoms with E-state index in [1.165, 1.54) is 6.33 Å². The second-order valence-corrected chi connectivity index (χ2v) is 2.31. The normalized spacial score (nSPS) is 9.18. The van der Waals surface area contributed by atoms with Gasteiger partial charge in [0.1, 0.15) is 6.33 Å². The minimum Gasteiger partial charge on any atom is -0.343 e. The predicted molar refractivity (Wildman–Crippen MR) is 43.3 cm³/mol. The van der Waals surface area contributed by atoms with E-state index >= 15 is 0 Å². The van der Waals surface area contributed by atoms with E-state index in [1.54, 1.807) is 12.4 Å². The van der Waals surface area contributed by atoms with Crippen molar-refractivity contribution in [1.29, 1.82) is 0 Å². The Kier molecular flexibility index (Phi) is 2.85. The zero-order valence-corrected chi connectivity index (χ0v) is 6.58. The molecule has 0 saturated carbocycles. The Balaban J connectivity index is 2.45. The highest BCUT2D eigenvalue weighted by molar-refractivity contribution is 7.96. The van der Waals surface area contributed by atoms with E-state index in [0.29, 0.717) is 6.54 Å². The fraction of sp³-hybridized carbons (Fsp3) is 0.167. The lowest BCUT2D eigenvalue weighted by atomic mass is 10.3. The van der Waals surface area contributed by atoms with Gasteiger partial charge >= 0.3 is 0 Å². The Bertz CT molecular complexity index is 239. The molecule has 0 radical (unpaired) electrons. The first-order valence-corrected chi connectivity index (χ1v) is 3.44. The van der Waals surface area contributed by atoms with Crippen LogP contribution in [0.1, 0.15) is 5.56 Å². The van der Waals surface area contributed by atoms with Gasteiger partial charge in [0.25, 0.3) is 5.24 Å². The van der Waals surface area contributed by atoms with Gasteiger partial charge in [-0.25, -0.2) is 9.97 Å². The van der Waals surface area contributed by atoms with Crippen LogP contribution in [0.3, 0.4) is 0 Å². The maximum absolute atomic E-state index is 10.3. The fourth-order valence-corrected chi connectivity index (χ4v) is 0.678. The summed E-state index contributed by atoms with van der Waals surface area (Å²) < 4.78 is 0. The van der Waals surface area contributed by atoms with E-state index in [1.807, 2.05) is 0 Å². The molecule has 0 bridgehead atoms. The van der Waals surface area contributed by atoms with Gasteiger partial charge in [-0.05, 0) is 0 Å². The van der Waals surface area contributed by atoms with Crippen molar-refractivity contribution in [2.75, 3.05) is 0 Å². The largest absolute Gasteiger partial charge is 0.343 e. The molecule has 11 heavy (non-hydrogen) atoms. The maximum Gasteiger partial charge on any atom is 0.276 e. The van der Waals surface area contributed by atoms with Crippen LogP contribution in [0, 0.1) is 0 Å². The Morgan fingerprint density at radius 3 is 2.73 bits per heavy atom. The molecule has 1 aromatic rings. The van der Waals surface area contributed by atoms with Crippen LogP contribution in [0.5, 0.6) is 0 Å². The third-order valence-corrected chi connectivity index (χ3v) is 1.22. The molecule has 4 nitrogen and oxygen atoms in total. The number of rotatable bonds is 2. The van der Waals surface area contributed by atoms with E-state index < -0.39 is 0 Å². The number of nitrogens with one attached hydrogen (secondary N) is 1. The summed E-state index contributed by atoms with van der Waals surface area (Å²) in [5.41, 5.74) is 0.856. The van der Waals surface area contributed by atoms with E-state index in [4.69, 9.17) is 0 Å². The highest BCUT2D eigenvalue weighted by Gasteiger charge is 1.93. The third-order valence-electron chi connectivity index (χ3n) is 1.06. The second-order valence-electron chi connectivity index (χ2n) is 1.91. The summed E-state index contributed by atoms with van der Waals surface area (Å²) in [4.78, 5) is 17.9. The molecule has 0 fully saturated rings. The number of nitrogens with zero attached hydrogens (tertiary/aromatic N) is 2. The van der Waals surface area contributed by atoms with Gasteiger partial charge in [-0.1, -0.05) is 12.6 Å². The Labute approximate surface area is 69.5 Å². The summed E-state index contributed by atoms with van der Waals surface area (Å²) in [6.45, 7) is 0.420. The van der Waals surface area contributed by atoms with Crippen LogP contribution in [0.4, 0.5) is 4.79 Å². The minimum atomic E-state index is -0.353. The van der Waals surface area contributed by atoms with Crippen molar-refractivity contribution < 1.29 is 4.79 Å². The molecule has 0 saturated heterocycles. The first-order chi connectivity index (χ1) is 5.29. The highest BCUT2D eigenvalue weighted by Crippen LogP contribution is 1.91. The predicted octanol–water partition coefficient (Wildman–Crippen LogP) is 0.616. The topological polar surface area (TPSA) is 54.9 Å². The van der Waals surface area contributed by atoms with Crippen LogP contribution in [0.15, 0.2) is 18.7 Å². The average molecular weight is 169 g/mol. The molecule has 1 aromatic heterocycles. The molecule has 0 unspecified atom stereocenters. The monoisotopic (exact) mass is 169 g/mol. The lowest BCUT2D eigenvalue weighted by molar-refractivity contribution is 0.260. The van der Waals surface area contributed by atoms with Crippen molar-refractivity contribution in [2.24, 2.45) is 0 Å². The molecule has 1 rings (SSSR count). The SMILES string of the molecule is O=C(S)NCc1cncnc1. The lowest BCUT2D eigenvalue weighted by Crippen LogP contribution is -2.15. The smallest absolute Gasteiger partial charge is 0.276 e. The third kappa shape index (κ3) is 2.99. The highest BCUT2D eigenvalue weighted by atomic mass is 32.1. The summed E-state index contributed by atoms with van der Waals surface area (Å²) >= 11 is 3.54. The number of hydrogen-bond acceptors (Lipinski definition) is 3. The maximum atomic E-state index is 10.3. The molecular formula is C6H7N3OS. The van der Waals surface area contributed by atoms with Gasteiger partial charge in [0.15, 0.2) is 0 Å². The number of hydrogen-bond donors (Lipinski definition) is 2. The summed E-state index contributed by atoms with van der Waals surface area (Å²) in [7, 11) is 0. The Morgan fingerprint density at radius 2 is 2.18 bits per heavy atom. The summed E-state index contributed by atoms with van der Waals surface area (Å²) in [5, 5.41) is 2.15. The molecule has 0 aromatic carbocycles. The molecule has 58 valence electrons. The van der Waals surface area contributed by atoms with Crippen LogP contribution in [0.25, 0.3) is 0 Å². The summed E-state index contributed by atoms with van der Waals surface area (Å²) in [5.74, 6) is 0. The van der Waals surface area contributed by atoms with Gasteiger partial charge in [-0.2, -0.15) is 0 Å². The zero-order valence-electron chi connectivity index (χ0n) is 5.69. The van der Waals surface area contributed by atoms with E-state index in [0.717, 1.165) is 5.56 Å². The summed E-state index contributed by atoms with van der Waals surface area (Å²) in [6, 6.07) is 0. The molecule has 0 atom stereocenters. The molecule has 1 heterocycles. The fourth-order valence-electron chi connectivity index (χ4n) is 0.599. The second kappa shape index (κ2) is 3.92. The van der Waals surface area contributed by atoms with Crippen molar-refractivity contribution in [2.45, 2.75) is 6.54 Å². The van der Waals surface area contributed by atoms with Crippen molar-refractivity contribution in [1.82, 2.24) is 15.3 Å². The van der Waals surface area contributed by atoms with Gasteiger partial charge in [0.05, 0.1) is 0 Å². The standard InChI is InChI=1S/C6H7N3OS/c10-6(11)9-3-5-1-7-4-8-2-5/h1-2,4H,3H2,(H2,9,10,11). The first-order valence-electron chi connectivity index (χ1n) is 2.99. The lowest BCUT2D eigenvalue weighted by Gasteiger charge is -1.98. The van der Waals surface area contributed by atoms with Crippen molar-refractivity contribution >= 4 is 17.9 Å². The number of thiol groups is 1. The minimum absolute atomic E-state index is 0.353. The molecule has 0 aliphatic rings. The first kappa shape index (κ1) is 8.00. The van der Waals surface area contributed by atoms with E-state index in [9.17, 15) is 4.79 Å². The summed E-state index contributed by atoms with van der Waals surface area (Å²) in [6.07, 6.45) is 4.71. The molecule has 1 amide bonds. The number of carbonyl (C=O) groups excluding carboxylic acids is 1. The van der Waals surface area contributed by atoms with Gasteiger partial charge in [0.2, 0.25) is 0 Å². The van der Waals surface area contributed by atoms with Gasteiger partial charge in [-0.3, -0.25) is 4.79 Å². The molecular weight excluding hydrogens is 162 g/mol. The van der Waals surface area contributed by atoms with Crippen LogP contribution in [-0.4, -0.2) is 15.2 Å². The van der Waals surface area contributed by atoms with Crippen molar-refractivity contribution in [3.8, 4) is 0 Å². The average Bonchev–Trinajstić information content (AvgIpc) is 2.03. The van der Waals surface area contributed by atoms with Crippen LogP contribution in [-0.2, 0) is 6.54 Å². The number of aromatic nitrogens is 2. The molecule has 1 N–H and O–H groups in total. The van der Waals surface area contributed by atoms with E-state index in [-0.39, 0.29) is 5.24 Å². The number of carbonyl (C=O) groups is 1. The molecule has 0 aliphatic heterocycles. The van der Waals surface area contributed by atoms with E-state index in [2.05, 4.69) is 27.9 Å². The quantitative estimate of drug-likeness (QED) is 0.638. The molecule has 5 heteroatoms. The molecule has 0 spiro atoms. The van der Waals surface area contributed by atoms with Crippen LogP contribution < -0.4 is 5.32 Å².